The third-order valence-corrected chi connectivity index (χ3v) is 9.91. The lowest BCUT2D eigenvalue weighted by Gasteiger charge is -2.37. The molecule has 0 radical (unpaired) electrons. The fourth-order valence-corrected chi connectivity index (χ4v) is 7.57. The second-order valence-electron chi connectivity index (χ2n) is 8.46. The number of sulfone groups is 1. The summed E-state index contributed by atoms with van der Waals surface area (Å²) in [7, 11) is -6.46. The van der Waals surface area contributed by atoms with Crippen molar-refractivity contribution in [3.05, 3.63) is 24.3 Å². The Morgan fingerprint density at radius 3 is 2.28 bits per heavy atom. The molecular formula is C20H30N4O6S2. The highest BCUT2D eigenvalue weighted by atomic mass is 32.2. The number of benzene rings is 1. The number of carbonyl (C=O) groups excluding carboxylic acids is 1. The molecule has 1 aromatic rings. The summed E-state index contributed by atoms with van der Waals surface area (Å²) in [5, 5.41) is 2.82. The predicted molar refractivity (Wildman–Crippen MR) is 120 cm³/mol. The first-order chi connectivity index (χ1) is 15.2. The van der Waals surface area contributed by atoms with Gasteiger partial charge in [-0.05, 0) is 30.7 Å². The first-order valence-electron chi connectivity index (χ1n) is 10.9. The number of ether oxygens (including phenoxy) is 1. The molecule has 3 saturated heterocycles. The van der Waals surface area contributed by atoms with E-state index in [2.05, 4.69) is 10.2 Å². The summed E-state index contributed by atoms with van der Waals surface area (Å²) in [5.41, 5.74) is 0.547. The van der Waals surface area contributed by atoms with Gasteiger partial charge in [-0.2, -0.15) is 4.31 Å². The molecule has 3 heterocycles. The van der Waals surface area contributed by atoms with Crippen LogP contribution in [0.1, 0.15) is 6.42 Å². The lowest BCUT2D eigenvalue weighted by molar-refractivity contribution is -0.117. The fraction of sp³-hybridized carbons (Fsp3) is 0.650. The van der Waals surface area contributed by atoms with E-state index in [1.807, 2.05) is 4.90 Å². The second kappa shape index (κ2) is 9.74. The van der Waals surface area contributed by atoms with Gasteiger partial charge in [0.05, 0.1) is 36.2 Å². The molecule has 0 bridgehead atoms. The number of carbonyl (C=O) groups is 1. The van der Waals surface area contributed by atoms with Crippen LogP contribution in [0.5, 0.6) is 0 Å². The van der Waals surface area contributed by atoms with E-state index in [1.165, 1.54) is 16.4 Å². The number of piperazine rings is 1. The Kier molecular flexibility index (Phi) is 7.18. The van der Waals surface area contributed by atoms with E-state index in [9.17, 15) is 21.6 Å². The third kappa shape index (κ3) is 5.67. The van der Waals surface area contributed by atoms with Gasteiger partial charge >= 0.3 is 0 Å². The highest BCUT2D eigenvalue weighted by Gasteiger charge is 2.34. The number of anilines is 1. The van der Waals surface area contributed by atoms with Crippen molar-refractivity contribution in [2.24, 2.45) is 0 Å². The number of morpholine rings is 1. The molecule has 3 aliphatic heterocycles. The number of amides is 1. The zero-order chi connectivity index (χ0) is 22.8. The van der Waals surface area contributed by atoms with Gasteiger partial charge in [0.25, 0.3) is 0 Å². The van der Waals surface area contributed by atoms with Crippen molar-refractivity contribution in [1.82, 2.24) is 14.1 Å². The maximum Gasteiger partial charge on any atom is 0.243 e. The fourth-order valence-electron chi connectivity index (χ4n) is 4.40. The van der Waals surface area contributed by atoms with Gasteiger partial charge in [0.2, 0.25) is 15.9 Å². The molecule has 3 aliphatic rings. The van der Waals surface area contributed by atoms with Crippen molar-refractivity contribution in [2.45, 2.75) is 17.4 Å². The van der Waals surface area contributed by atoms with Crippen molar-refractivity contribution >= 4 is 31.5 Å². The molecule has 12 heteroatoms. The molecule has 1 amide bonds. The van der Waals surface area contributed by atoms with Crippen LogP contribution in [0, 0.1) is 0 Å². The number of rotatable bonds is 6. The van der Waals surface area contributed by atoms with Gasteiger partial charge in [-0.3, -0.25) is 14.6 Å². The van der Waals surface area contributed by atoms with Crippen molar-refractivity contribution in [2.75, 3.05) is 75.8 Å². The number of hydrogen-bond donors (Lipinski definition) is 1. The van der Waals surface area contributed by atoms with Gasteiger partial charge < -0.3 is 10.1 Å². The minimum atomic E-state index is -3.56. The average molecular weight is 487 g/mol. The summed E-state index contributed by atoms with van der Waals surface area (Å²) < 4.78 is 55.4. The van der Waals surface area contributed by atoms with Crippen molar-refractivity contribution in [3.63, 3.8) is 0 Å². The topological polar surface area (TPSA) is 116 Å². The minimum absolute atomic E-state index is 0.100. The van der Waals surface area contributed by atoms with Crippen LogP contribution < -0.4 is 5.32 Å². The Balaban J connectivity index is 1.25. The van der Waals surface area contributed by atoms with Crippen LogP contribution in [0.25, 0.3) is 0 Å². The summed E-state index contributed by atoms with van der Waals surface area (Å²) in [6, 6.07) is 6.32. The van der Waals surface area contributed by atoms with E-state index in [4.69, 9.17) is 4.74 Å². The van der Waals surface area contributed by atoms with Crippen molar-refractivity contribution in [3.8, 4) is 0 Å². The van der Waals surface area contributed by atoms with E-state index < -0.39 is 19.9 Å². The van der Waals surface area contributed by atoms with Gasteiger partial charge in [0.15, 0.2) is 9.84 Å². The molecule has 4 rings (SSSR count). The molecule has 10 nitrogen and oxygen atoms in total. The molecule has 32 heavy (non-hydrogen) atoms. The molecule has 0 aromatic heterocycles. The molecule has 0 unspecified atom stereocenters. The van der Waals surface area contributed by atoms with Gasteiger partial charge in [-0.15, -0.1) is 0 Å². The summed E-state index contributed by atoms with van der Waals surface area (Å²) in [6.07, 6.45) is 0.695. The molecule has 0 saturated carbocycles. The zero-order valence-electron chi connectivity index (χ0n) is 18.0. The Morgan fingerprint density at radius 1 is 1.03 bits per heavy atom. The molecule has 3 fully saturated rings. The Hall–Kier alpha value is -1.57. The van der Waals surface area contributed by atoms with Crippen LogP contribution in [-0.4, -0.2) is 113 Å². The second-order valence-corrected chi connectivity index (χ2v) is 12.6. The monoisotopic (exact) mass is 486 g/mol. The number of nitrogens with one attached hydrogen (secondary N) is 1. The summed E-state index contributed by atoms with van der Waals surface area (Å²) >= 11 is 0. The summed E-state index contributed by atoms with van der Waals surface area (Å²) in [4.78, 5) is 16.9. The number of sulfonamides is 1. The van der Waals surface area contributed by atoms with Crippen molar-refractivity contribution < 1.29 is 26.4 Å². The molecule has 1 atom stereocenters. The zero-order valence-corrected chi connectivity index (χ0v) is 19.6. The van der Waals surface area contributed by atoms with E-state index in [-0.39, 0.29) is 34.9 Å². The van der Waals surface area contributed by atoms with Crippen LogP contribution in [0.2, 0.25) is 0 Å². The molecule has 0 aliphatic carbocycles. The predicted octanol–water partition coefficient (Wildman–Crippen LogP) is -0.549. The van der Waals surface area contributed by atoms with E-state index in [0.29, 0.717) is 51.5 Å². The highest BCUT2D eigenvalue weighted by molar-refractivity contribution is 7.91. The van der Waals surface area contributed by atoms with Gasteiger partial charge in [-0.1, -0.05) is 0 Å². The van der Waals surface area contributed by atoms with Crippen LogP contribution in [0.3, 0.4) is 0 Å². The minimum Gasteiger partial charge on any atom is -0.379 e. The SMILES string of the molecule is O=C(CN1CCN([C@@H]2CCS(=O)(=O)C2)CC1)Nc1ccc(S(=O)(=O)N2CCOCC2)cc1. The number of hydrogen-bond acceptors (Lipinski definition) is 8. The largest absolute Gasteiger partial charge is 0.379 e. The molecular weight excluding hydrogens is 456 g/mol. The van der Waals surface area contributed by atoms with Gasteiger partial charge in [0.1, 0.15) is 0 Å². The molecule has 178 valence electrons. The first-order valence-corrected chi connectivity index (χ1v) is 14.1. The van der Waals surface area contributed by atoms with Crippen LogP contribution >= 0.6 is 0 Å². The number of nitrogens with zero attached hydrogens (tertiary/aromatic N) is 3. The van der Waals surface area contributed by atoms with Crippen molar-refractivity contribution in [1.29, 1.82) is 0 Å². The standard InChI is InChI=1S/C20H30N4O6S2/c25-20(15-22-6-8-23(9-7-22)18-5-14-31(26,27)16-18)21-17-1-3-19(4-2-17)32(28,29)24-10-12-30-13-11-24/h1-4,18H,5-16H2,(H,21,25)/t18-/m1/s1. The summed E-state index contributed by atoms with van der Waals surface area (Å²) in [5.74, 6) is 0.350. The third-order valence-electron chi connectivity index (χ3n) is 6.24. The Bertz CT molecular complexity index is 1010. The van der Waals surface area contributed by atoms with Crippen LogP contribution in [0.4, 0.5) is 5.69 Å². The molecule has 1 aromatic carbocycles. The normalized spacial score (nSPS) is 25.6. The van der Waals surface area contributed by atoms with E-state index in [1.54, 1.807) is 12.1 Å². The Labute approximate surface area is 189 Å². The average Bonchev–Trinajstić information content (AvgIpc) is 3.15. The smallest absolute Gasteiger partial charge is 0.243 e. The van der Waals surface area contributed by atoms with E-state index in [0.717, 1.165) is 13.1 Å². The maximum absolute atomic E-state index is 12.7. The van der Waals surface area contributed by atoms with E-state index >= 15 is 0 Å². The van der Waals surface area contributed by atoms with Gasteiger partial charge in [-0.25, -0.2) is 16.8 Å². The van der Waals surface area contributed by atoms with Crippen LogP contribution in [0.15, 0.2) is 29.2 Å². The Morgan fingerprint density at radius 2 is 1.69 bits per heavy atom. The van der Waals surface area contributed by atoms with Gasteiger partial charge in [0, 0.05) is 51.0 Å². The molecule has 0 spiro atoms. The first kappa shape index (κ1) is 23.6. The lowest BCUT2D eigenvalue weighted by atomic mass is 10.2. The quantitative estimate of drug-likeness (QED) is 0.570. The maximum atomic E-state index is 12.7. The lowest BCUT2D eigenvalue weighted by Crippen LogP contribution is -2.52. The van der Waals surface area contributed by atoms with Crippen LogP contribution in [-0.2, 0) is 29.4 Å². The summed E-state index contributed by atoms with van der Waals surface area (Å²) in [6.45, 7) is 4.62. The highest BCUT2D eigenvalue weighted by Crippen LogP contribution is 2.21. The molecule has 1 N–H and O–H groups in total.